The minimum absolute atomic E-state index is 0.277. The molecule has 0 aliphatic rings. The van der Waals surface area contributed by atoms with Gasteiger partial charge in [0.2, 0.25) is 0 Å². The van der Waals surface area contributed by atoms with Gasteiger partial charge in [0.05, 0.1) is 23.0 Å². The second-order valence-electron chi connectivity index (χ2n) is 5.24. The van der Waals surface area contributed by atoms with Crippen LogP contribution in [0.1, 0.15) is 17.5 Å². The highest BCUT2D eigenvalue weighted by atomic mass is 19.1. The molecule has 2 aromatic carbocycles. The van der Waals surface area contributed by atoms with Crippen molar-refractivity contribution in [1.29, 1.82) is 0 Å². The van der Waals surface area contributed by atoms with Gasteiger partial charge in [-0.2, -0.15) is 0 Å². The van der Waals surface area contributed by atoms with Gasteiger partial charge in [0, 0.05) is 0 Å². The average molecular weight is 316 g/mol. The fourth-order valence-corrected chi connectivity index (χ4v) is 2.59. The van der Waals surface area contributed by atoms with E-state index in [1.54, 1.807) is 31.2 Å². The lowest BCUT2D eigenvalue weighted by Crippen LogP contribution is -2.27. The van der Waals surface area contributed by atoms with Crippen LogP contribution in [0.2, 0.25) is 0 Å². The van der Waals surface area contributed by atoms with Gasteiger partial charge in [0.25, 0.3) is 5.56 Å². The van der Waals surface area contributed by atoms with Gasteiger partial charge in [-0.1, -0.05) is 18.2 Å². The molecule has 23 heavy (non-hydrogen) atoms. The van der Waals surface area contributed by atoms with E-state index in [0.717, 1.165) is 12.1 Å². The van der Waals surface area contributed by atoms with Gasteiger partial charge >= 0.3 is 0 Å². The Labute approximate surface area is 130 Å². The van der Waals surface area contributed by atoms with E-state index >= 15 is 0 Å². The first-order valence-electron chi connectivity index (χ1n) is 7.07. The molecule has 0 amide bonds. The molecule has 3 rings (SSSR count). The van der Waals surface area contributed by atoms with Crippen LogP contribution >= 0.6 is 0 Å². The molecule has 0 aliphatic carbocycles. The lowest BCUT2D eigenvalue weighted by atomic mass is 10.1. The van der Waals surface area contributed by atoms with E-state index in [2.05, 4.69) is 4.98 Å². The van der Waals surface area contributed by atoms with E-state index in [-0.39, 0.29) is 12.1 Å². The van der Waals surface area contributed by atoms with Crippen molar-refractivity contribution >= 4 is 10.9 Å². The molecule has 1 unspecified atom stereocenters. The maximum Gasteiger partial charge on any atom is 0.261 e. The highest BCUT2D eigenvalue weighted by Crippen LogP contribution is 2.22. The van der Waals surface area contributed by atoms with Crippen molar-refractivity contribution in [1.82, 2.24) is 9.55 Å². The van der Waals surface area contributed by atoms with Crippen LogP contribution in [0, 0.1) is 18.6 Å². The molecular formula is C17H14F2N2O2. The molecule has 1 heterocycles. The predicted octanol–water partition coefficient (Wildman–Crippen LogP) is 2.72. The third-order valence-corrected chi connectivity index (χ3v) is 3.74. The molecule has 0 radical (unpaired) electrons. The van der Waals surface area contributed by atoms with E-state index in [1.807, 2.05) is 0 Å². The fourth-order valence-electron chi connectivity index (χ4n) is 2.59. The lowest BCUT2D eigenvalue weighted by Gasteiger charge is -2.16. The van der Waals surface area contributed by atoms with Crippen LogP contribution in [0.15, 0.2) is 47.3 Å². The number of aliphatic hydroxyl groups is 1. The second kappa shape index (κ2) is 5.89. The van der Waals surface area contributed by atoms with Gasteiger partial charge in [0.15, 0.2) is 0 Å². The molecule has 6 heteroatoms. The van der Waals surface area contributed by atoms with Crippen LogP contribution in [0.25, 0.3) is 10.9 Å². The van der Waals surface area contributed by atoms with Crippen LogP contribution < -0.4 is 5.56 Å². The summed E-state index contributed by atoms with van der Waals surface area (Å²) < 4.78 is 28.7. The highest BCUT2D eigenvalue weighted by Gasteiger charge is 2.20. The van der Waals surface area contributed by atoms with Crippen LogP contribution in [0.5, 0.6) is 0 Å². The number of halogens is 2. The monoisotopic (exact) mass is 316 g/mol. The van der Waals surface area contributed by atoms with Gasteiger partial charge in [-0.3, -0.25) is 9.36 Å². The standard InChI is InChI=1S/C17H14F2N2O2/c1-10-20-14-8-3-2-5-11(14)17(23)21(10)9-15(22)16-12(18)6-4-7-13(16)19/h2-8,15,22H,9H2,1H3. The highest BCUT2D eigenvalue weighted by molar-refractivity contribution is 5.77. The Balaban J connectivity index is 2.06. The number of para-hydroxylation sites is 1. The Morgan fingerprint density at radius 1 is 1.13 bits per heavy atom. The molecule has 1 N–H and O–H groups in total. The van der Waals surface area contributed by atoms with E-state index in [0.29, 0.717) is 16.7 Å². The third-order valence-electron chi connectivity index (χ3n) is 3.74. The Bertz CT molecular complexity index is 917. The van der Waals surface area contributed by atoms with Gasteiger partial charge in [-0.15, -0.1) is 0 Å². The summed E-state index contributed by atoms with van der Waals surface area (Å²) >= 11 is 0. The van der Waals surface area contributed by atoms with Gasteiger partial charge in [-0.05, 0) is 31.2 Å². The van der Waals surface area contributed by atoms with E-state index < -0.39 is 23.3 Å². The SMILES string of the molecule is Cc1nc2ccccc2c(=O)n1CC(O)c1c(F)cccc1F. The molecule has 1 aromatic heterocycles. The summed E-state index contributed by atoms with van der Waals surface area (Å²) in [6, 6.07) is 10.2. The molecular weight excluding hydrogens is 302 g/mol. The summed E-state index contributed by atoms with van der Waals surface area (Å²) in [6.45, 7) is 1.33. The molecule has 0 fully saturated rings. The van der Waals surface area contributed by atoms with Crippen molar-refractivity contribution in [2.75, 3.05) is 0 Å². The van der Waals surface area contributed by atoms with Gasteiger partial charge in [0.1, 0.15) is 23.6 Å². The van der Waals surface area contributed by atoms with Crippen LogP contribution in [-0.2, 0) is 6.54 Å². The summed E-state index contributed by atoms with van der Waals surface area (Å²) in [5, 5.41) is 10.6. The lowest BCUT2D eigenvalue weighted by molar-refractivity contribution is 0.145. The maximum absolute atomic E-state index is 13.8. The first-order chi connectivity index (χ1) is 11.0. The molecule has 3 aromatic rings. The topological polar surface area (TPSA) is 55.1 Å². The molecule has 4 nitrogen and oxygen atoms in total. The normalized spacial score (nSPS) is 12.5. The molecule has 118 valence electrons. The van der Waals surface area contributed by atoms with Gasteiger partial charge < -0.3 is 5.11 Å². The Hall–Kier alpha value is -2.60. The fraction of sp³-hybridized carbons (Fsp3) is 0.176. The van der Waals surface area contributed by atoms with Crippen molar-refractivity contribution < 1.29 is 13.9 Å². The zero-order valence-electron chi connectivity index (χ0n) is 12.3. The zero-order valence-corrected chi connectivity index (χ0v) is 12.3. The summed E-state index contributed by atoms with van der Waals surface area (Å²) in [6.07, 6.45) is -1.49. The number of benzene rings is 2. The molecule has 1 atom stereocenters. The molecule has 0 spiro atoms. The first-order valence-corrected chi connectivity index (χ1v) is 7.07. The molecule has 0 bridgehead atoms. The van der Waals surface area contributed by atoms with Crippen molar-refractivity contribution in [2.24, 2.45) is 0 Å². The Morgan fingerprint density at radius 3 is 2.48 bits per heavy atom. The largest absolute Gasteiger partial charge is 0.386 e. The number of hydrogen-bond donors (Lipinski definition) is 1. The van der Waals surface area contributed by atoms with Crippen LogP contribution in [-0.4, -0.2) is 14.7 Å². The summed E-state index contributed by atoms with van der Waals surface area (Å²) in [5.41, 5.74) is -0.270. The Kier molecular flexibility index (Phi) is 3.92. The van der Waals surface area contributed by atoms with Crippen molar-refractivity contribution in [3.05, 3.63) is 75.8 Å². The van der Waals surface area contributed by atoms with Crippen molar-refractivity contribution in [3.63, 3.8) is 0 Å². The molecule has 0 saturated heterocycles. The number of rotatable bonds is 3. The smallest absolute Gasteiger partial charge is 0.261 e. The summed E-state index contributed by atoms with van der Waals surface area (Å²) in [7, 11) is 0. The Morgan fingerprint density at radius 2 is 1.78 bits per heavy atom. The summed E-state index contributed by atoms with van der Waals surface area (Å²) in [4.78, 5) is 16.8. The molecule has 0 aliphatic heterocycles. The van der Waals surface area contributed by atoms with E-state index in [9.17, 15) is 18.7 Å². The number of aryl methyl sites for hydroxylation is 1. The second-order valence-corrected chi connectivity index (χ2v) is 5.24. The average Bonchev–Trinajstić information content (AvgIpc) is 2.51. The van der Waals surface area contributed by atoms with Gasteiger partial charge in [-0.25, -0.2) is 13.8 Å². The summed E-state index contributed by atoms with van der Waals surface area (Å²) in [5.74, 6) is -1.33. The predicted molar refractivity (Wildman–Crippen MR) is 82.1 cm³/mol. The number of aromatic nitrogens is 2. The number of nitrogens with zero attached hydrogens (tertiary/aromatic N) is 2. The quantitative estimate of drug-likeness (QED) is 0.808. The first kappa shape index (κ1) is 15.3. The number of fused-ring (bicyclic) bond motifs is 1. The number of hydrogen-bond acceptors (Lipinski definition) is 3. The maximum atomic E-state index is 13.8. The third kappa shape index (κ3) is 2.73. The molecule has 0 saturated carbocycles. The van der Waals surface area contributed by atoms with Crippen molar-refractivity contribution in [2.45, 2.75) is 19.6 Å². The van der Waals surface area contributed by atoms with Crippen LogP contribution in [0.3, 0.4) is 0 Å². The van der Waals surface area contributed by atoms with Crippen LogP contribution in [0.4, 0.5) is 8.78 Å². The van der Waals surface area contributed by atoms with E-state index in [1.165, 1.54) is 10.6 Å². The van der Waals surface area contributed by atoms with Crippen molar-refractivity contribution in [3.8, 4) is 0 Å². The minimum Gasteiger partial charge on any atom is -0.386 e. The minimum atomic E-state index is -1.49. The zero-order chi connectivity index (χ0) is 16.6. The number of aliphatic hydroxyl groups excluding tert-OH is 1. The van der Waals surface area contributed by atoms with E-state index in [4.69, 9.17) is 0 Å².